The fourth-order valence-corrected chi connectivity index (χ4v) is 4.08. The van der Waals surface area contributed by atoms with E-state index in [1.54, 1.807) is 54.8 Å². The molecule has 2 heterocycles. The molecule has 8 nitrogen and oxygen atoms in total. The summed E-state index contributed by atoms with van der Waals surface area (Å²) in [6.45, 7) is 5.15. The van der Waals surface area contributed by atoms with Crippen LogP contribution in [0.4, 0.5) is 0 Å². The molecule has 0 fully saturated rings. The molecule has 4 rings (SSSR count). The van der Waals surface area contributed by atoms with Crippen LogP contribution >= 0.6 is 0 Å². The molecule has 0 bridgehead atoms. The second kappa shape index (κ2) is 10.4. The van der Waals surface area contributed by atoms with Crippen LogP contribution in [0.2, 0.25) is 0 Å². The topological polar surface area (TPSA) is 111 Å². The summed E-state index contributed by atoms with van der Waals surface area (Å²) in [6.07, 6.45) is 0.144. The maximum Gasteiger partial charge on any atom is 0.355 e. The van der Waals surface area contributed by atoms with E-state index in [1.165, 1.54) is 7.11 Å². The van der Waals surface area contributed by atoms with Crippen LogP contribution in [-0.4, -0.2) is 45.8 Å². The van der Waals surface area contributed by atoms with E-state index < -0.39 is 11.6 Å². The zero-order chi connectivity index (χ0) is 26.7. The summed E-state index contributed by atoms with van der Waals surface area (Å²) in [5.41, 5.74) is 1.96. The second-order valence-electron chi connectivity index (χ2n) is 9.51. The number of para-hydroxylation sites is 1. The smallest absolute Gasteiger partial charge is 0.355 e. The van der Waals surface area contributed by atoms with Gasteiger partial charge in [-0.3, -0.25) is 14.2 Å². The summed E-state index contributed by atoms with van der Waals surface area (Å²) in [5, 5.41) is 12.9. The Labute approximate surface area is 214 Å². The van der Waals surface area contributed by atoms with Gasteiger partial charge in [-0.2, -0.15) is 0 Å². The number of esters is 1. The largest absolute Gasteiger partial charge is 0.464 e. The number of hydrogen-bond acceptors (Lipinski definition) is 6. The number of carbonyl (C=O) groups is 2. The molecule has 0 spiro atoms. The number of carbonyl (C=O) groups excluding carboxylic acids is 2. The van der Waals surface area contributed by atoms with Crippen LogP contribution < -0.4 is 10.7 Å². The van der Waals surface area contributed by atoms with Crippen molar-refractivity contribution in [2.24, 2.45) is 0 Å². The number of pyridine rings is 2. The highest BCUT2D eigenvalue weighted by molar-refractivity contribution is 5.95. The maximum absolute atomic E-state index is 13.7. The third-order valence-electron chi connectivity index (χ3n) is 5.93. The molecule has 8 heteroatoms. The Morgan fingerprint density at radius 1 is 1.03 bits per heavy atom. The Balaban J connectivity index is 1.83. The van der Waals surface area contributed by atoms with Crippen LogP contribution in [0.3, 0.4) is 0 Å². The van der Waals surface area contributed by atoms with Gasteiger partial charge in [0.05, 0.1) is 18.1 Å². The minimum Gasteiger partial charge on any atom is -0.464 e. The van der Waals surface area contributed by atoms with E-state index in [1.807, 2.05) is 37.3 Å². The van der Waals surface area contributed by atoms with Crippen molar-refractivity contribution >= 4 is 22.9 Å². The lowest BCUT2D eigenvalue weighted by Gasteiger charge is -2.19. The standard InChI is InChI=1S/C29H29N3O5/c1-18-10-15-22-25(33)23(16-19-11-13-20(14-12-19)27(34)30-17-29(2,3)36)24(28(35)37-4)32(26(22)31-18)21-8-6-5-7-9-21/h5-15,36H,16-17H2,1-4H3,(H,30,34). The van der Waals surface area contributed by atoms with Gasteiger partial charge in [-0.15, -0.1) is 0 Å². The number of nitrogens with one attached hydrogen (secondary N) is 1. The number of nitrogens with zero attached hydrogens (tertiary/aromatic N) is 2. The van der Waals surface area contributed by atoms with Crippen molar-refractivity contribution in [3.05, 3.63) is 105 Å². The average Bonchev–Trinajstić information content (AvgIpc) is 2.88. The first-order valence-electron chi connectivity index (χ1n) is 11.9. The summed E-state index contributed by atoms with van der Waals surface area (Å²) in [7, 11) is 1.28. The van der Waals surface area contributed by atoms with E-state index >= 15 is 0 Å². The maximum atomic E-state index is 13.7. The van der Waals surface area contributed by atoms with E-state index in [9.17, 15) is 19.5 Å². The van der Waals surface area contributed by atoms with Gasteiger partial charge in [0.15, 0.2) is 5.43 Å². The molecule has 0 aliphatic carbocycles. The van der Waals surface area contributed by atoms with Crippen molar-refractivity contribution < 1.29 is 19.4 Å². The third kappa shape index (κ3) is 5.59. The molecule has 2 aromatic heterocycles. The summed E-state index contributed by atoms with van der Waals surface area (Å²) < 4.78 is 6.79. The highest BCUT2D eigenvalue weighted by atomic mass is 16.5. The van der Waals surface area contributed by atoms with Gasteiger partial charge >= 0.3 is 5.97 Å². The summed E-state index contributed by atoms with van der Waals surface area (Å²) in [6, 6.07) is 19.5. The molecular formula is C29H29N3O5. The number of ether oxygens (including phenoxy) is 1. The quantitative estimate of drug-likeness (QED) is 0.376. The number of fused-ring (bicyclic) bond motifs is 1. The van der Waals surface area contributed by atoms with Crippen molar-refractivity contribution in [2.45, 2.75) is 32.8 Å². The Morgan fingerprint density at radius 2 is 1.70 bits per heavy atom. The lowest BCUT2D eigenvalue weighted by atomic mass is 9.99. The zero-order valence-electron chi connectivity index (χ0n) is 21.2. The second-order valence-corrected chi connectivity index (χ2v) is 9.51. The molecule has 0 atom stereocenters. The molecule has 0 radical (unpaired) electrons. The Kier molecular flexibility index (Phi) is 7.22. The lowest BCUT2D eigenvalue weighted by Crippen LogP contribution is -2.38. The first-order chi connectivity index (χ1) is 17.6. The van der Waals surface area contributed by atoms with Gasteiger partial charge in [0.2, 0.25) is 0 Å². The van der Waals surface area contributed by atoms with Crippen LogP contribution in [0, 0.1) is 6.92 Å². The predicted octanol–water partition coefficient (Wildman–Crippen LogP) is 3.57. The van der Waals surface area contributed by atoms with Gasteiger partial charge in [0, 0.05) is 35.5 Å². The molecule has 0 aliphatic rings. The number of aryl methyl sites for hydroxylation is 1. The van der Waals surface area contributed by atoms with Gasteiger partial charge < -0.3 is 15.2 Å². The molecule has 0 saturated carbocycles. The van der Waals surface area contributed by atoms with Gasteiger partial charge in [0.25, 0.3) is 5.91 Å². The summed E-state index contributed by atoms with van der Waals surface area (Å²) in [4.78, 5) is 43.8. The van der Waals surface area contributed by atoms with E-state index in [-0.39, 0.29) is 35.6 Å². The minimum atomic E-state index is -1.03. The fraction of sp³-hybridized carbons (Fsp3) is 0.241. The number of methoxy groups -OCH3 is 1. The lowest BCUT2D eigenvalue weighted by molar-refractivity contribution is 0.0589. The Hall–Kier alpha value is -4.30. The first kappa shape index (κ1) is 25.8. The third-order valence-corrected chi connectivity index (χ3v) is 5.93. The molecule has 4 aromatic rings. The van der Waals surface area contributed by atoms with E-state index in [0.29, 0.717) is 28.0 Å². The molecule has 0 aliphatic heterocycles. The first-order valence-corrected chi connectivity index (χ1v) is 11.9. The molecule has 2 aromatic carbocycles. The number of benzene rings is 2. The molecular weight excluding hydrogens is 470 g/mol. The van der Waals surface area contributed by atoms with Crippen LogP contribution in [0.1, 0.15) is 51.5 Å². The van der Waals surface area contributed by atoms with Crippen LogP contribution in [-0.2, 0) is 11.2 Å². The molecule has 0 unspecified atom stereocenters. The van der Waals surface area contributed by atoms with Crippen molar-refractivity contribution in [2.75, 3.05) is 13.7 Å². The van der Waals surface area contributed by atoms with Crippen LogP contribution in [0.25, 0.3) is 16.7 Å². The number of rotatable bonds is 7. The number of hydrogen-bond donors (Lipinski definition) is 2. The monoisotopic (exact) mass is 499 g/mol. The van der Waals surface area contributed by atoms with Gasteiger partial charge in [-0.1, -0.05) is 30.3 Å². The Morgan fingerprint density at radius 3 is 2.32 bits per heavy atom. The van der Waals surface area contributed by atoms with Crippen molar-refractivity contribution in [3.8, 4) is 5.69 Å². The number of amides is 1. The Bertz CT molecular complexity index is 1520. The van der Waals surface area contributed by atoms with Gasteiger partial charge in [-0.05, 0) is 62.7 Å². The zero-order valence-corrected chi connectivity index (χ0v) is 21.2. The minimum absolute atomic E-state index is 0.108. The molecule has 37 heavy (non-hydrogen) atoms. The van der Waals surface area contributed by atoms with Crippen molar-refractivity contribution in [1.82, 2.24) is 14.9 Å². The molecule has 1 amide bonds. The van der Waals surface area contributed by atoms with Gasteiger partial charge in [0.1, 0.15) is 11.3 Å². The van der Waals surface area contributed by atoms with Crippen molar-refractivity contribution in [1.29, 1.82) is 0 Å². The molecule has 190 valence electrons. The highest BCUT2D eigenvalue weighted by Gasteiger charge is 2.25. The summed E-state index contributed by atoms with van der Waals surface area (Å²) >= 11 is 0. The average molecular weight is 500 g/mol. The van der Waals surface area contributed by atoms with Gasteiger partial charge in [-0.25, -0.2) is 9.78 Å². The van der Waals surface area contributed by atoms with Crippen LogP contribution in [0.5, 0.6) is 0 Å². The SMILES string of the molecule is COC(=O)c1c(Cc2ccc(C(=O)NCC(C)(C)O)cc2)c(=O)c2ccc(C)nc2n1-c1ccccc1. The van der Waals surface area contributed by atoms with E-state index in [0.717, 1.165) is 5.56 Å². The predicted molar refractivity (Wildman–Crippen MR) is 141 cm³/mol. The fourth-order valence-electron chi connectivity index (χ4n) is 4.08. The number of aliphatic hydroxyl groups is 1. The van der Waals surface area contributed by atoms with Crippen molar-refractivity contribution in [3.63, 3.8) is 0 Å². The number of aromatic nitrogens is 2. The summed E-state index contributed by atoms with van der Waals surface area (Å²) in [5.74, 6) is -0.966. The van der Waals surface area contributed by atoms with E-state index in [4.69, 9.17) is 4.74 Å². The highest BCUT2D eigenvalue weighted by Crippen LogP contribution is 2.24. The molecule has 0 saturated heterocycles. The molecule has 2 N–H and O–H groups in total. The van der Waals surface area contributed by atoms with E-state index in [2.05, 4.69) is 10.3 Å². The normalized spacial score (nSPS) is 11.4. The van der Waals surface area contributed by atoms with Crippen LogP contribution in [0.15, 0.2) is 71.5 Å².